The van der Waals surface area contributed by atoms with Gasteiger partial charge in [0.2, 0.25) is 5.91 Å². The molecule has 0 aliphatic heterocycles. The molecule has 1 fully saturated rings. The molecule has 1 aromatic rings. The molecular formula is C17H24N2O. The van der Waals surface area contributed by atoms with Crippen LogP contribution >= 0.6 is 0 Å². The van der Waals surface area contributed by atoms with E-state index in [-0.39, 0.29) is 5.91 Å². The monoisotopic (exact) mass is 272 g/mol. The zero-order valence-electron chi connectivity index (χ0n) is 12.3. The smallest absolute Gasteiger partial charge is 0.244 e. The Labute approximate surface area is 121 Å². The van der Waals surface area contributed by atoms with Crippen LogP contribution in [0.4, 0.5) is 5.69 Å². The third kappa shape index (κ3) is 4.41. The number of carbonyl (C=O) groups is 1. The number of rotatable bonds is 3. The fourth-order valence-electron chi connectivity index (χ4n) is 3.15. The minimum atomic E-state index is -0.0151. The molecule has 3 heteroatoms. The third-order valence-electron chi connectivity index (χ3n) is 3.86. The molecule has 0 spiro atoms. The molecule has 2 unspecified atom stereocenters. The Kier molecular flexibility index (Phi) is 4.83. The summed E-state index contributed by atoms with van der Waals surface area (Å²) in [7, 11) is 0. The maximum absolute atomic E-state index is 12.0. The first-order valence-corrected chi connectivity index (χ1v) is 7.37. The lowest BCUT2D eigenvalue weighted by Gasteiger charge is -2.31. The fourth-order valence-corrected chi connectivity index (χ4v) is 3.15. The van der Waals surface area contributed by atoms with Crippen LogP contribution in [0.1, 0.15) is 38.7 Å². The van der Waals surface area contributed by atoms with Gasteiger partial charge < -0.3 is 11.1 Å². The van der Waals surface area contributed by atoms with E-state index < -0.39 is 0 Å². The Balaban J connectivity index is 1.89. The highest BCUT2D eigenvalue weighted by Crippen LogP contribution is 2.28. The molecule has 20 heavy (non-hydrogen) atoms. The number of carbonyl (C=O) groups excluding carboxylic acids is 1. The molecule has 0 saturated heterocycles. The van der Waals surface area contributed by atoms with Crippen LogP contribution in [0.5, 0.6) is 0 Å². The maximum atomic E-state index is 12.0. The second-order valence-electron chi connectivity index (χ2n) is 6.13. The summed E-state index contributed by atoms with van der Waals surface area (Å²) in [6.45, 7) is 4.52. The van der Waals surface area contributed by atoms with Gasteiger partial charge in [-0.1, -0.05) is 26.0 Å². The van der Waals surface area contributed by atoms with E-state index in [1.54, 1.807) is 12.2 Å². The molecular weight excluding hydrogens is 248 g/mol. The number of nitrogens with one attached hydrogen (secondary N) is 1. The van der Waals surface area contributed by atoms with Crippen molar-refractivity contribution >= 4 is 17.7 Å². The molecule has 1 aliphatic rings. The predicted octanol–water partition coefficient (Wildman–Crippen LogP) is 3.22. The van der Waals surface area contributed by atoms with Gasteiger partial charge in [-0.3, -0.25) is 4.79 Å². The number of hydrogen-bond acceptors (Lipinski definition) is 2. The molecule has 3 N–H and O–H groups in total. The standard InChI is InChI=1S/C17H24N2O/c1-12-8-13(2)10-16(9-12)19-17(20)7-6-14-4-3-5-15(18)11-14/h3-7,11-13,16H,8-10,18H2,1-2H3,(H,19,20)/b7-6+. The Morgan fingerprint density at radius 3 is 2.60 bits per heavy atom. The van der Waals surface area contributed by atoms with Crippen LogP contribution in [0.2, 0.25) is 0 Å². The highest BCUT2D eigenvalue weighted by molar-refractivity contribution is 5.92. The van der Waals surface area contributed by atoms with Gasteiger partial charge in [-0.15, -0.1) is 0 Å². The molecule has 1 aliphatic carbocycles. The first kappa shape index (κ1) is 14.6. The van der Waals surface area contributed by atoms with Gasteiger partial charge in [-0.25, -0.2) is 0 Å². The molecule has 3 nitrogen and oxygen atoms in total. The van der Waals surface area contributed by atoms with Crippen molar-refractivity contribution in [3.63, 3.8) is 0 Å². The van der Waals surface area contributed by atoms with Crippen molar-refractivity contribution in [3.05, 3.63) is 35.9 Å². The van der Waals surface area contributed by atoms with E-state index in [1.165, 1.54) is 6.42 Å². The Morgan fingerprint density at radius 2 is 1.95 bits per heavy atom. The van der Waals surface area contributed by atoms with E-state index in [2.05, 4.69) is 19.2 Å². The molecule has 1 saturated carbocycles. The second kappa shape index (κ2) is 6.60. The quantitative estimate of drug-likeness (QED) is 0.655. The zero-order valence-corrected chi connectivity index (χ0v) is 12.3. The number of benzene rings is 1. The van der Waals surface area contributed by atoms with E-state index in [1.807, 2.05) is 24.3 Å². The minimum Gasteiger partial charge on any atom is -0.399 e. The summed E-state index contributed by atoms with van der Waals surface area (Å²) >= 11 is 0. The normalized spacial score (nSPS) is 26.6. The summed E-state index contributed by atoms with van der Waals surface area (Å²) in [6.07, 6.45) is 6.84. The van der Waals surface area contributed by atoms with E-state index in [4.69, 9.17) is 5.73 Å². The van der Waals surface area contributed by atoms with Crippen LogP contribution in [-0.2, 0) is 4.79 Å². The first-order chi connectivity index (χ1) is 9.52. The average molecular weight is 272 g/mol. The molecule has 0 bridgehead atoms. The van der Waals surface area contributed by atoms with Gasteiger partial charge >= 0.3 is 0 Å². The first-order valence-electron chi connectivity index (χ1n) is 7.37. The number of nitrogen functional groups attached to an aromatic ring is 1. The van der Waals surface area contributed by atoms with Gasteiger partial charge in [0.1, 0.15) is 0 Å². The topological polar surface area (TPSA) is 55.1 Å². The Morgan fingerprint density at radius 1 is 1.25 bits per heavy atom. The lowest BCUT2D eigenvalue weighted by atomic mass is 9.80. The molecule has 108 valence electrons. The van der Waals surface area contributed by atoms with Crippen LogP contribution < -0.4 is 11.1 Å². The zero-order chi connectivity index (χ0) is 14.5. The minimum absolute atomic E-state index is 0.0151. The fraction of sp³-hybridized carbons (Fsp3) is 0.471. The highest BCUT2D eigenvalue weighted by Gasteiger charge is 2.24. The second-order valence-corrected chi connectivity index (χ2v) is 6.13. The van der Waals surface area contributed by atoms with Crippen LogP contribution in [0.15, 0.2) is 30.3 Å². The van der Waals surface area contributed by atoms with E-state index in [0.29, 0.717) is 23.6 Å². The SMILES string of the molecule is CC1CC(C)CC(NC(=O)/C=C/c2cccc(N)c2)C1. The van der Waals surface area contributed by atoms with Crippen molar-refractivity contribution in [1.29, 1.82) is 0 Å². The van der Waals surface area contributed by atoms with E-state index >= 15 is 0 Å². The lowest BCUT2D eigenvalue weighted by Crippen LogP contribution is -2.39. The number of amides is 1. The number of hydrogen-bond donors (Lipinski definition) is 2. The summed E-state index contributed by atoms with van der Waals surface area (Å²) in [4.78, 5) is 12.0. The van der Waals surface area contributed by atoms with Gasteiger partial charge in [-0.05, 0) is 54.9 Å². The van der Waals surface area contributed by atoms with E-state index in [9.17, 15) is 4.79 Å². The maximum Gasteiger partial charge on any atom is 0.244 e. The van der Waals surface area contributed by atoms with Gasteiger partial charge in [0.25, 0.3) is 0 Å². The van der Waals surface area contributed by atoms with Crippen molar-refractivity contribution in [1.82, 2.24) is 5.32 Å². The third-order valence-corrected chi connectivity index (χ3v) is 3.86. The summed E-state index contributed by atoms with van der Waals surface area (Å²) in [5.74, 6) is 1.38. The average Bonchev–Trinajstić information content (AvgIpc) is 2.35. The summed E-state index contributed by atoms with van der Waals surface area (Å²) < 4.78 is 0. The predicted molar refractivity (Wildman–Crippen MR) is 84.0 cm³/mol. The van der Waals surface area contributed by atoms with E-state index in [0.717, 1.165) is 18.4 Å². The summed E-state index contributed by atoms with van der Waals surface area (Å²) in [6, 6.07) is 7.82. The molecule has 0 heterocycles. The van der Waals surface area contributed by atoms with Crippen LogP contribution in [-0.4, -0.2) is 11.9 Å². The van der Waals surface area contributed by atoms with Crippen LogP contribution in [0.25, 0.3) is 6.08 Å². The summed E-state index contributed by atoms with van der Waals surface area (Å²) in [5, 5.41) is 3.11. The van der Waals surface area contributed by atoms with Gasteiger partial charge in [0.05, 0.1) is 0 Å². The molecule has 1 amide bonds. The highest BCUT2D eigenvalue weighted by atomic mass is 16.1. The van der Waals surface area contributed by atoms with Gasteiger partial charge in [0.15, 0.2) is 0 Å². The van der Waals surface area contributed by atoms with Crippen molar-refractivity contribution in [2.24, 2.45) is 11.8 Å². The Bertz CT molecular complexity index is 486. The van der Waals surface area contributed by atoms with Crippen LogP contribution in [0.3, 0.4) is 0 Å². The largest absolute Gasteiger partial charge is 0.399 e. The summed E-state index contributed by atoms with van der Waals surface area (Å²) in [5.41, 5.74) is 7.37. The molecule has 0 radical (unpaired) electrons. The van der Waals surface area contributed by atoms with Gasteiger partial charge in [-0.2, -0.15) is 0 Å². The van der Waals surface area contributed by atoms with Crippen LogP contribution in [0, 0.1) is 11.8 Å². The number of nitrogens with two attached hydrogens (primary N) is 1. The van der Waals surface area contributed by atoms with Crippen molar-refractivity contribution < 1.29 is 4.79 Å². The van der Waals surface area contributed by atoms with Gasteiger partial charge in [0, 0.05) is 17.8 Å². The molecule has 1 aromatic carbocycles. The Hall–Kier alpha value is -1.77. The van der Waals surface area contributed by atoms with Crippen molar-refractivity contribution in [2.75, 3.05) is 5.73 Å². The molecule has 2 rings (SSSR count). The molecule has 0 aromatic heterocycles. The van der Waals surface area contributed by atoms with Crippen molar-refractivity contribution in [2.45, 2.75) is 39.2 Å². The lowest BCUT2D eigenvalue weighted by molar-refractivity contribution is -0.117. The number of anilines is 1. The van der Waals surface area contributed by atoms with Crippen molar-refractivity contribution in [3.8, 4) is 0 Å². The molecule has 2 atom stereocenters.